The third-order valence-corrected chi connectivity index (χ3v) is 4.88. The highest BCUT2D eigenvalue weighted by molar-refractivity contribution is 7.85. The molecule has 2 atom stereocenters. The number of ether oxygens (including phenoxy) is 1. The van der Waals surface area contributed by atoms with Gasteiger partial charge in [-0.25, -0.2) is 4.79 Å². The summed E-state index contributed by atoms with van der Waals surface area (Å²) in [5, 5.41) is 9.93. The van der Waals surface area contributed by atoms with Crippen molar-refractivity contribution in [2.24, 2.45) is 5.92 Å². The van der Waals surface area contributed by atoms with E-state index in [1.165, 1.54) is 4.90 Å². The summed E-state index contributed by atoms with van der Waals surface area (Å²) in [6.07, 6.45) is -0.725. The normalized spacial score (nSPS) is 22.2. The number of hydrogen-bond donors (Lipinski definition) is 1. The van der Waals surface area contributed by atoms with Gasteiger partial charge in [0.1, 0.15) is 0 Å². The number of halogens is 2. The highest BCUT2D eigenvalue weighted by Crippen LogP contribution is 2.33. The molecule has 1 aromatic rings. The fourth-order valence-corrected chi connectivity index (χ4v) is 3.21. The van der Waals surface area contributed by atoms with Crippen LogP contribution in [-0.4, -0.2) is 57.1 Å². The zero-order chi connectivity index (χ0) is 17.9. The van der Waals surface area contributed by atoms with Crippen LogP contribution in [0.2, 0.25) is 10.0 Å². The summed E-state index contributed by atoms with van der Waals surface area (Å²) >= 11 is 11.9. The van der Waals surface area contributed by atoms with Crippen LogP contribution in [0.4, 0.5) is 4.79 Å². The van der Waals surface area contributed by atoms with Crippen LogP contribution >= 0.6 is 23.2 Å². The molecule has 1 N–H and O–H groups in total. The molecular formula is C14H17Cl2NO6S. The minimum atomic E-state index is -3.66. The van der Waals surface area contributed by atoms with E-state index in [1.807, 2.05) is 0 Å². The molecule has 134 valence electrons. The molecule has 2 rings (SSSR count). The summed E-state index contributed by atoms with van der Waals surface area (Å²) in [7, 11) is -3.66. The van der Waals surface area contributed by atoms with E-state index in [4.69, 9.17) is 32.1 Å². The number of benzene rings is 1. The van der Waals surface area contributed by atoms with Crippen molar-refractivity contribution in [2.75, 3.05) is 32.6 Å². The molecule has 1 amide bonds. The Kier molecular flexibility index (Phi) is 6.33. The maximum absolute atomic E-state index is 11.3. The van der Waals surface area contributed by atoms with Gasteiger partial charge in [-0.3, -0.25) is 4.18 Å². The number of carboxylic acid groups (broad SMARTS) is 1. The number of rotatable bonds is 4. The first-order valence-electron chi connectivity index (χ1n) is 7.06. The van der Waals surface area contributed by atoms with E-state index in [9.17, 15) is 18.3 Å². The van der Waals surface area contributed by atoms with Gasteiger partial charge in [0.05, 0.1) is 35.6 Å². The Morgan fingerprint density at radius 3 is 2.71 bits per heavy atom. The fraction of sp³-hybridized carbons (Fsp3) is 0.500. The molecular weight excluding hydrogens is 381 g/mol. The average molecular weight is 398 g/mol. The molecule has 0 radical (unpaired) electrons. The quantitative estimate of drug-likeness (QED) is 0.784. The molecule has 0 saturated carbocycles. The lowest BCUT2D eigenvalue weighted by Crippen LogP contribution is -2.36. The van der Waals surface area contributed by atoms with E-state index in [1.54, 1.807) is 18.2 Å². The van der Waals surface area contributed by atoms with E-state index < -0.39 is 28.2 Å². The summed E-state index contributed by atoms with van der Waals surface area (Å²) in [5.41, 5.74) is 0.679. The van der Waals surface area contributed by atoms with E-state index in [0.29, 0.717) is 15.6 Å². The summed E-state index contributed by atoms with van der Waals surface area (Å²) in [5.74, 6) is -0.518. The van der Waals surface area contributed by atoms with Gasteiger partial charge >= 0.3 is 6.09 Å². The lowest BCUT2D eigenvalue weighted by Gasteiger charge is -2.26. The number of carbonyl (C=O) groups is 1. The minimum Gasteiger partial charge on any atom is -0.465 e. The molecule has 1 heterocycles. The summed E-state index contributed by atoms with van der Waals surface area (Å²) in [6.45, 7) is 0.235. The predicted octanol–water partition coefficient (Wildman–Crippen LogP) is 2.64. The second-order valence-electron chi connectivity index (χ2n) is 5.44. The van der Waals surface area contributed by atoms with Crippen LogP contribution in [0.3, 0.4) is 0 Å². The van der Waals surface area contributed by atoms with Gasteiger partial charge in [0.15, 0.2) is 0 Å². The number of amides is 1. The standard InChI is InChI=1S/C14H17Cl2NO6S/c1-24(20,21)23-8-10-7-17(14(18)19)4-5-22-13(10)9-2-3-11(15)12(16)6-9/h2-3,6,10,13H,4-5,7-8H2,1H3,(H,18,19)/t10-,13-/m0/s1. The smallest absolute Gasteiger partial charge is 0.407 e. The molecule has 10 heteroatoms. The first kappa shape index (κ1) is 19.3. The van der Waals surface area contributed by atoms with Gasteiger partial charge in [-0.05, 0) is 17.7 Å². The Labute approximate surface area is 150 Å². The molecule has 1 fully saturated rings. The van der Waals surface area contributed by atoms with Crippen molar-refractivity contribution in [3.8, 4) is 0 Å². The maximum Gasteiger partial charge on any atom is 0.407 e. The Bertz CT molecular complexity index is 711. The summed E-state index contributed by atoms with van der Waals surface area (Å²) in [4.78, 5) is 12.4. The third kappa shape index (κ3) is 5.22. The maximum atomic E-state index is 11.3. The van der Waals surface area contributed by atoms with Crippen molar-refractivity contribution in [1.29, 1.82) is 0 Å². The largest absolute Gasteiger partial charge is 0.465 e. The van der Waals surface area contributed by atoms with Gasteiger partial charge in [0, 0.05) is 19.0 Å². The van der Waals surface area contributed by atoms with Gasteiger partial charge in [-0.15, -0.1) is 0 Å². The zero-order valence-corrected chi connectivity index (χ0v) is 15.1. The van der Waals surface area contributed by atoms with Crippen molar-refractivity contribution >= 4 is 39.4 Å². The van der Waals surface area contributed by atoms with Crippen molar-refractivity contribution in [3.63, 3.8) is 0 Å². The Hall–Kier alpha value is -1.06. The van der Waals surface area contributed by atoms with Crippen molar-refractivity contribution < 1.29 is 27.2 Å². The Morgan fingerprint density at radius 2 is 2.12 bits per heavy atom. The minimum absolute atomic E-state index is 0.0791. The monoisotopic (exact) mass is 397 g/mol. The molecule has 24 heavy (non-hydrogen) atoms. The molecule has 0 bridgehead atoms. The van der Waals surface area contributed by atoms with Crippen LogP contribution < -0.4 is 0 Å². The second kappa shape index (κ2) is 7.88. The molecule has 0 unspecified atom stereocenters. The highest BCUT2D eigenvalue weighted by Gasteiger charge is 2.32. The molecule has 7 nitrogen and oxygen atoms in total. The highest BCUT2D eigenvalue weighted by atomic mass is 35.5. The third-order valence-electron chi connectivity index (χ3n) is 3.58. The second-order valence-corrected chi connectivity index (χ2v) is 7.90. The Morgan fingerprint density at radius 1 is 1.42 bits per heavy atom. The molecule has 1 aliphatic rings. The van der Waals surface area contributed by atoms with Gasteiger partial charge in [0.2, 0.25) is 0 Å². The van der Waals surface area contributed by atoms with Gasteiger partial charge in [-0.2, -0.15) is 8.42 Å². The van der Waals surface area contributed by atoms with Crippen molar-refractivity contribution in [2.45, 2.75) is 6.10 Å². The first-order valence-corrected chi connectivity index (χ1v) is 9.63. The number of hydrogen-bond acceptors (Lipinski definition) is 5. The molecule has 0 aromatic heterocycles. The van der Waals surface area contributed by atoms with Crippen LogP contribution in [0.5, 0.6) is 0 Å². The van der Waals surface area contributed by atoms with E-state index in [0.717, 1.165) is 6.26 Å². The molecule has 1 saturated heterocycles. The first-order chi connectivity index (χ1) is 11.2. The lowest BCUT2D eigenvalue weighted by atomic mass is 9.96. The number of nitrogens with zero attached hydrogens (tertiary/aromatic N) is 1. The van der Waals surface area contributed by atoms with E-state index in [-0.39, 0.29) is 26.3 Å². The lowest BCUT2D eigenvalue weighted by molar-refractivity contribution is 0.0163. The fourth-order valence-electron chi connectivity index (χ4n) is 2.48. The summed E-state index contributed by atoms with van der Waals surface area (Å²) in [6, 6.07) is 4.94. The zero-order valence-electron chi connectivity index (χ0n) is 12.8. The van der Waals surface area contributed by atoms with Crippen molar-refractivity contribution in [3.05, 3.63) is 33.8 Å². The predicted molar refractivity (Wildman–Crippen MR) is 89.0 cm³/mol. The van der Waals surface area contributed by atoms with E-state index in [2.05, 4.69) is 0 Å². The molecule has 0 aliphatic carbocycles. The average Bonchev–Trinajstić information content (AvgIpc) is 2.70. The Balaban J connectivity index is 2.29. The van der Waals surface area contributed by atoms with Gasteiger partial charge in [-0.1, -0.05) is 29.3 Å². The summed E-state index contributed by atoms with van der Waals surface area (Å²) < 4.78 is 33.2. The van der Waals surface area contributed by atoms with Crippen LogP contribution in [0.1, 0.15) is 11.7 Å². The van der Waals surface area contributed by atoms with Crippen LogP contribution in [0.25, 0.3) is 0 Å². The molecule has 1 aliphatic heterocycles. The van der Waals surface area contributed by atoms with Crippen LogP contribution in [0.15, 0.2) is 18.2 Å². The van der Waals surface area contributed by atoms with Crippen LogP contribution in [0, 0.1) is 5.92 Å². The molecule has 1 aromatic carbocycles. The topological polar surface area (TPSA) is 93.1 Å². The van der Waals surface area contributed by atoms with Gasteiger partial charge < -0.3 is 14.7 Å². The van der Waals surface area contributed by atoms with Crippen LogP contribution in [-0.2, 0) is 19.0 Å². The van der Waals surface area contributed by atoms with Crippen molar-refractivity contribution in [1.82, 2.24) is 4.90 Å². The van der Waals surface area contributed by atoms with Gasteiger partial charge in [0.25, 0.3) is 10.1 Å². The molecule has 0 spiro atoms. The SMILES string of the molecule is CS(=O)(=O)OC[C@@H]1CN(C(=O)O)CCO[C@H]1c1ccc(Cl)c(Cl)c1. The van der Waals surface area contributed by atoms with E-state index >= 15 is 0 Å².